The van der Waals surface area contributed by atoms with Gasteiger partial charge in [-0.15, -0.1) is 0 Å². The molecule has 2 aromatic carbocycles. The Hall–Kier alpha value is -1.80. The van der Waals surface area contributed by atoms with E-state index < -0.39 is 0 Å². The van der Waals surface area contributed by atoms with E-state index in [1.807, 2.05) is 19.9 Å². The molecule has 0 radical (unpaired) electrons. The molecular formula is C28H42O2. The SMILES string of the molecule is CC.CCCCc1ccc(OC(CC2CCCCCC2)OCc2ccccc2)cc1. The number of unbranched alkanes of at least 4 members (excludes halogenated alkanes) is 1. The summed E-state index contributed by atoms with van der Waals surface area (Å²) in [4.78, 5) is 0. The van der Waals surface area contributed by atoms with Gasteiger partial charge in [-0.1, -0.05) is 108 Å². The molecule has 1 aliphatic rings. The van der Waals surface area contributed by atoms with Gasteiger partial charge < -0.3 is 9.47 Å². The van der Waals surface area contributed by atoms with Crippen LogP contribution in [0.5, 0.6) is 5.75 Å². The lowest BCUT2D eigenvalue weighted by molar-refractivity contribution is -0.102. The maximum atomic E-state index is 6.32. The minimum absolute atomic E-state index is 0.176. The summed E-state index contributed by atoms with van der Waals surface area (Å²) in [5.74, 6) is 1.64. The predicted octanol–water partition coefficient (Wildman–Crippen LogP) is 8.34. The zero-order valence-corrected chi connectivity index (χ0v) is 19.4. The van der Waals surface area contributed by atoms with Crippen molar-refractivity contribution in [2.45, 2.75) is 97.9 Å². The molecule has 0 aromatic heterocycles. The van der Waals surface area contributed by atoms with Crippen LogP contribution in [0.2, 0.25) is 0 Å². The topological polar surface area (TPSA) is 18.5 Å². The molecule has 1 atom stereocenters. The Kier molecular flexibility index (Phi) is 12.3. The fourth-order valence-corrected chi connectivity index (χ4v) is 4.05. The van der Waals surface area contributed by atoms with Crippen LogP contribution in [0.1, 0.15) is 89.7 Å². The average Bonchev–Trinajstić information content (AvgIpc) is 3.08. The first kappa shape index (κ1) is 24.5. The summed E-state index contributed by atoms with van der Waals surface area (Å²) >= 11 is 0. The fraction of sp³-hybridized carbons (Fsp3) is 0.571. The normalized spacial score (nSPS) is 15.6. The van der Waals surface area contributed by atoms with Crippen LogP contribution in [0.4, 0.5) is 0 Å². The summed E-state index contributed by atoms with van der Waals surface area (Å²) in [6.45, 7) is 6.84. The average molecular weight is 411 g/mol. The molecule has 0 spiro atoms. The van der Waals surface area contributed by atoms with E-state index in [2.05, 4.69) is 55.5 Å². The summed E-state index contributed by atoms with van der Waals surface area (Å²) < 4.78 is 12.6. The molecule has 1 saturated carbocycles. The maximum absolute atomic E-state index is 6.32. The van der Waals surface area contributed by atoms with Crippen LogP contribution in [-0.4, -0.2) is 6.29 Å². The molecule has 0 heterocycles. The van der Waals surface area contributed by atoms with Gasteiger partial charge >= 0.3 is 0 Å². The molecule has 3 rings (SSSR count). The van der Waals surface area contributed by atoms with Gasteiger partial charge in [0.05, 0.1) is 6.61 Å². The monoisotopic (exact) mass is 410 g/mol. The Morgan fingerprint density at radius 3 is 2.13 bits per heavy atom. The van der Waals surface area contributed by atoms with Crippen molar-refractivity contribution in [2.75, 3.05) is 0 Å². The molecule has 0 bridgehead atoms. The van der Waals surface area contributed by atoms with Gasteiger partial charge in [0.1, 0.15) is 5.75 Å². The highest BCUT2D eigenvalue weighted by molar-refractivity contribution is 5.27. The molecule has 0 aliphatic heterocycles. The molecule has 1 unspecified atom stereocenters. The van der Waals surface area contributed by atoms with Crippen LogP contribution in [0.15, 0.2) is 54.6 Å². The summed E-state index contributed by atoms with van der Waals surface area (Å²) in [5, 5.41) is 0. The van der Waals surface area contributed by atoms with E-state index in [-0.39, 0.29) is 6.29 Å². The van der Waals surface area contributed by atoms with Crippen molar-refractivity contribution in [3.05, 3.63) is 65.7 Å². The smallest absolute Gasteiger partial charge is 0.200 e. The molecular weight excluding hydrogens is 368 g/mol. The highest BCUT2D eigenvalue weighted by Crippen LogP contribution is 2.28. The minimum Gasteiger partial charge on any atom is -0.465 e. The van der Waals surface area contributed by atoms with Crippen molar-refractivity contribution in [3.63, 3.8) is 0 Å². The zero-order chi connectivity index (χ0) is 21.4. The zero-order valence-electron chi connectivity index (χ0n) is 19.4. The molecule has 0 saturated heterocycles. The lowest BCUT2D eigenvalue weighted by Gasteiger charge is -2.24. The van der Waals surface area contributed by atoms with Gasteiger partial charge in [0.2, 0.25) is 0 Å². The van der Waals surface area contributed by atoms with Crippen LogP contribution in [-0.2, 0) is 17.8 Å². The molecule has 30 heavy (non-hydrogen) atoms. The Morgan fingerprint density at radius 2 is 1.50 bits per heavy atom. The maximum Gasteiger partial charge on any atom is 0.200 e. The third-order valence-electron chi connectivity index (χ3n) is 5.79. The van der Waals surface area contributed by atoms with Crippen molar-refractivity contribution in [2.24, 2.45) is 5.92 Å². The third-order valence-corrected chi connectivity index (χ3v) is 5.79. The van der Waals surface area contributed by atoms with E-state index in [9.17, 15) is 0 Å². The number of aryl methyl sites for hydroxylation is 1. The quantitative estimate of drug-likeness (QED) is 0.289. The molecule has 2 heteroatoms. The lowest BCUT2D eigenvalue weighted by atomic mass is 9.96. The fourth-order valence-electron chi connectivity index (χ4n) is 4.05. The summed E-state index contributed by atoms with van der Waals surface area (Å²) in [6.07, 6.45) is 12.5. The Bertz CT molecular complexity index is 642. The van der Waals surface area contributed by atoms with Crippen molar-refractivity contribution < 1.29 is 9.47 Å². The number of hydrogen-bond acceptors (Lipinski definition) is 2. The van der Waals surface area contributed by atoms with Gasteiger partial charge in [0, 0.05) is 6.42 Å². The summed E-state index contributed by atoms with van der Waals surface area (Å²) in [5.41, 5.74) is 2.59. The Balaban J connectivity index is 0.00000155. The van der Waals surface area contributed by atoms with E-state index in [1.165, 1.54) is 62.5 Å². The van der Waals surface area contributed by atoms with Gasteiger partial charge in [-0.05, 0) is 42.0 Å². The van der Waals surface area contributed by atoms with Crippen LogP contribution in [0.25, 0.3) is 0 Å². The summed E-state index contributed by atoms with van der Waals surface area (Å²) in [6, 6.07) is 19.0. The third kappa shape index (κ3) is 9.34. The van der Waals surface area contributed by atoms with Crippen molar-refractivity contribution in [1.29, 1.82) is 0 Å². The second kappa shape index (κ2) is 15.1. The predicted molar refractivity (Wildman–Crippen MR) is 128 cm³/mol. The largest absolute Gasteiger partial charge is 0.465 e. The Morgan fingerprint density at radius 1 is 0.833 bits per heavy atom. The van der Waals surface area contributed by atoms with Gasteiger partial charge in [-0.3, -0.25) is 0 Å². The van der Waals surface area contributed by atoms with E-state index >= 15 is 0 Å². The van der Waals surface area contributed by atoms with Crippen molar-refractivity contribution in [3.8, 4) is 5.75 Å². The van der Waals surface area contributed by atoms with Crippen LogP contribution in [0.3, 0.4) is 0 Å². The molecule has 2 nitrogen and oxygen atoms in total. The molecule has 1 aliphatic carbocycles. The first-order chi connectivity index (χ1) is 14.8. The van der Waals surface area contributed by atoms with Crippen LogP contribution < -0.4 is 4.74 Å². The number of rotatable bonds is 10. The van der Waals surface area contributed by atoms with Gasteiger partial charge in [-0.2, -0.15) is 0 Å². The first-order valence-electron chi connectivity index (χ1n) is 12.2. The molecule has 0 amide bonds. The van der Waals surface area contributed by atoms with Crippen molar-refractivity contribution >= 4 is 0 Å². The second-order valence-corrected chi connectivity index (χ2v) is 8.18. The second-order valence-electron chi connectivity index (χ2n) is 8.18. The number of benzene rings is 2. The molecule has 166 valence electrons. The van der Waals surface area contributed by atoms with E-state index in [0.29, 0.717) is 12.5 Å². The highest BCUT2D eigenvalue weighted by atomic mass is 16.7. The minimum atomic E-state index is -0.176. The first-order valence-corrected chi connectivity index (χ1v) is 12.2. The summed E-state index contributed by atoms with van der Waals surface area (Å²) in [7, 11) is 0. The molecule has 0 N–H and O–H groups in total. The van der Waals surface area contributed by atoms with Gasteiger partial charge in [-0.25, -0.2) is 0 Å². The van der Waals surface area contributed by atoms with Crippen LogP contribution in [0, 0.1) is 5.92 Å². The number of hydrogen-bond donors (Lipinski definition) is 0. The molecule has 1 fully saturated rings. The van der Waals surface area contributed by atoms with Crippen molar-refractivity contribution in [1.82, 2.24) is 0 Å². The van der Waals surface area contributed by atoms with Gasteiger partial charge in [0.15, 0.2) is 6.29 Å². The Labute approximate surface area is 185 Å². The van der Waals surface area contributed by atoms with E-state index in [1.54, 1.807) is 0 Å². The lowest BCUT2D eigenvalue weighted by Crippen LogP contribution is -2.24. The highest BCUT2D eigenvalue weighted by Gasteiger charge is 2.20. The van der Waals surface area contributed by atoms with E-state index in [4.69, 9.17) is 9.47 Å². The van der Waals surface area contributed by atoms with Gasteiger partial charge in [0.25, 0.3) is 0 Å². The molecule has 2 aromatic rings. The van der Waals surface area contributed by atoms with E-state index in [0.717, 1.165) is 18.6 Å². The number of ether oxygens (including phenoxy) is 2. The standard InChI is InChI=1S/C26H36O2.C2H6/c1-2-3-11-22-16-18-25(19-17-22)28-26(20-23-12-7-4-5-8-13-23)27-21-24-14-9-6-10-15-24;1-2/h6,9-10,14-19,23,26H,2-5,7-8,11-13,20-21H2,1H3;1-2H3. The van der Waals surface area contributed by atoms with Crippen LogP contribution >= 0.6 is 0 Å².